The lowest BCUT2D eigenvalue weighted by Crippen LogP contribution is -2.46. The van der Waals surface area contributed by atoms with E-state index in [9.17, 15) is 19.8 Å². The van der Waals surface area contributed by atoms with Crippen LogP contribution in [0.2, 0.25) is 0 Å². The van der Waals surface area contributed by atoms with Crippen molar-refractivity contribution in [2.45, 2.75) is 264 Å². The molecule has 3 unspecified atom stereocenters. The summed E-state index contributed by atoms with van der Waals surface area (Å²) in [6.07, 6.45) is 46.6. The molecule has 0 fully saturated rings. The molecule has 3 atom stereocenters. The third-order valence-electron chi connectivity index (χ3n) is 10.8. The fourth-order valence-corrected chi connectivity index (χ4v) is 7.23. The van der Waals surface area contributed by atoms with E-state index in [4.69, 9.17) is 4.74 Å². The summed E-state index contributed by atoms with van der Waals surface area (Å²) >= 11 is 0. The van der Waals surface area contributed by atoms with Gasteiger partial charge in [0, 0.05) is 6.42 Å². The molecule has 0 radical (unpaired) electrons. The summed E-state index contributed by atoms with van der Waals surface area (Å²) in [7, 11) is 0. The molecule has 54 heavy (non-hydrogen) atoms. The number of carbonyl (C=O) groups is 2. The molecule has 0 aliphatic carbocycles. The van der Waals surface area contributed by atoms with Gasteiger partial charge in [-0.25, -0.2) is 0 Å². The number of nitrogens with one attached hydrogen (secondary N) is 1. The largest absolute Gasteiger partial charge is 0.462 e. The van der Waals surface area contributed by atoms with E-state index < -0.39 is 18.2 Å². The maximum atomic E-state index is 13.1. The lowest BCUT2D eigenvalue weighted by molar-refractivity contribution is -0.151. The van der Waals surface area contributed by atoms with Crippen LogP contribution in [0, 0.1) is 0 Å². The van der Waals surface area contributed by atoms with E-state index in [1.807, 2.05) is 0 Å². The van der Waals surface area contributed by atoms with Crippen LogP contribution < -0.4 is 5.32 Å². The van der Waals surface area contributed by atoms with Gasteiger partial charge in [0.25, 0.3) is 0 Å². The van der Waals surface area contributed by atoms with E-state index in [1.165, 1.54) is 135 Å². The minimum absolute atomic E-state index is 0.0788. The Hall–Kier alpha value is -1.66. The SMILES string of the molecule is CC/C=C/C/C=C/CCCCCCCCCC(=O)OC(CCCCCCCCCCCC)CC(=O)NC(CO)C(O)CCCCCCCCCCCCC. The number of carbonyl (C=O) groups excluding carboxylic acids is 2. The first kappa shape index (κ1) is 52.3. The number of unbranched alkanes of at least 4 members (excludes halogenated alkanes) is 26. The van der Waals surface area contributed by atoms with Gasteiger partial charge in [-0.1, -0.05) is 206 Å². The molecule has 0 aromatic carbocycles. The van der Waals surface area contributed by atoms with Crippen LogP contribution in [0.25, 0.3) is 0 Å². The maximum Gasteiger partial charge on any atom is 0.306 e. The Bertz CT molecular complexity index is 858. The van der Waals surface area contributed by atoms with E-state index in [0.717, 1.165) is 64.2 Å². The maximum absolute atomic E-state index is 13.1. The highest BCUT2D eigenvalue weighted by Crippen LogP contribution is 2.18. The summed E-state index contributed by atoms with van der Waals surface area (Å²) in [6.45, 7) is 6.36. The Kier molecular flexibility index (Phi) is 41.2. The molecule has 0 heterocycles. The smallest absolute Gasteiger partial charge is 0.306 e. The lowest BCUT2D eigenvalue weighted by Gasteiger charge is -2.24. The van der Waals surface area contributed by atoms with Crippen molar-refractivity contribution in [1.82, 2.24) is 5.32 Å². The first-order valence-electron chi connectivity index (χ1n) is 23.6. The number of esters is 1. The molecule has 0 saturated heterocycles. The van der Waals surface area contributed by atoms with Crippen molar-refractivity contribution in [2.24, 2.45) is 0 Å². The van der Waals surface area contributed by atoms with Crippen LogP contribution in [0.4, 0.5) is 0 Å². The average molecular weight is 762 g/mol. The van der Waals surface area contributed by atoms with Crippen molar-refractivity contribution in [1.29, 1.82) is 0 Å². The predicted molar refractivity (Wildman–Crippen MR) is 232 cm³/mol. The number of aliphatic hydroxyl groups is 2. The number of amides is 1. The van der Waals surface area contributed by atoms with E-state index >= 15 is 0 Å². The molecule has 1 amide bonds. The predicted octanol–water partition coefficient (Wildman–Crippen LogP) is 13.6. The third-order valence-corrected chi connectivity index (χ3v) is 10.8. The van der Waals surface area contributed by atoms with Gasteiger partial charge in [-0.3, -0.25) is 9.59 Å². The molecule has 0 aliphatic rings. The fourth-order valence-electron chi connectivity index (χ4n) is 7.23. The summed E-state index contributed by atoms with van der Waals surface area (Å²) in [4.78, 5) is 26.0. The second-order valence-corrected chi connectivity index (χ2v) is 16.1. The van der Waals surface area contributed by atoms with Gasteiger partial charge in [0.15, 0.2) is 0 Å². The topological polar surface area (TPSA) is 95.9 Å². The molecule has 6 heteroatoms. The Labute approximate surface area is 335 Å². The first-order valence-corrected chi connectivity index (χ1v) is 23.6. The molecule has 318 valence electrons. The minimum atomic E-state index is -0.782. The number of aliphatic hydroxyl groups excluding tert-OH is 2. The van der Waals surface area contributed by atoms with E-state index in [1.54, 1.807) is 0 Å². The van der Waals surface area contributed by atoms with Crippen molar-refractivity contribution < 1.29 is 24.5 Å². The second kappa shape index (κ2) is 42.5. The van der Waals surface area contributed by atoms with Gasteiger partial charge in [0.05, 0.1) is 25.2 Å². The highest BCUT2D eigenvalue weighted by atomic mass is 16.5. The average Bonchev–Trinajstić information content (AvgIpc) is 3.16. The molecule has 6 nitrogen and oxygen atoms in total. The summed E-state index contributed by atoms with van der Waals surface area (Å²) in [5.74, 6) is -0.476. The van der Waals surface area contributed by atoms with Crippen LogP contribution in [0.1, 0.15) is 245 Å². The summed E-state index contributed by atoms with van der Waals surface area (Å²) in [5, 5.41) is 23.6. The zero-order valence-corrected chi connectivity index (χ0v) is 36.1. The van der Waals surface area contributed by atoms with Crippen molar-refractivity contribution >= 4 is 11.9 Å². The zero-order chi connectivity index (χ0) is 39.6. The molecule has 0 saturated carbocycles. The lowest BCUT2D eigenvalue weighted by atomic mass is 10.0. The molecular formula is C48H91NO5. The Balaban J connectivity index is 4.53. The van der Waals surface area contributed by atoms with Crippen LogP contribution >= 0.6 is 0 Å². The van der Waals surface area contributed by atoms with Crippen LogP contribution in [0.3, 0.4) is 0 Å². The van der Waals surface area contributed by atoms with E-state index in [2.05, 4.69) is 50.4 Å². The molecule has 0 aromatic rings. The molecule has 0 aliphatic heterocycles. The number of rotatable bonds is 42. The van der Waals surface area contributed by atoms with Gasteiger partial charge in [0.2, 0.25) is 5.91 Å². The highest BCUT2D eigenvalue weighted by Gasteiger charge is 2.24. The monoisotopic (exact) mass is 762 g/mol. The highest BCUT2D eigenvalue weighted by molar-refractivity contribution is 5.77. The van der Waals surface area contributed by atoms with Crippen LogP contribution in [-0.2, 0) is 14.3 Å². The normalized spacial score (nSPS) is 13.5. The van der Waals surface area contributed by atoms with Crippen LogP contribution in [0.5, 0.6) is 0 Å². The fraction of sp³-hybridized carbons (Fsp3) is 0.875. The Morgan fingerprint density at radius 3 is 1.50 bits per heavy atom. The summed E-state index contributed by atoms with van der Waals surface area (Å²) < 4.78 is 5.90. The van der Waals surface area contributed by atoms with Crippen molar-refractivity contribution in [2.75, 3.05) is 6.61 Å². The zero-order valence-electron chi connectivity index (χ0n) is 36.1. The standard InChI is InChI=1S/C48H91NO5/c1-4-7-10-13-16-19-22-23-24-26-29-32-35-38-41-48(53)54-44(39-36-33-30-27-21-18-15-12-9-6-3)42-47(52)49-45(43-50)46(51)40-37-34-31-28-25-20-17-14-11-8-5-2/h7,10,16,19,44-46,50-51H,4-6,8-9,11-15,17-18,20-43H2,1-3H3,(H,49,52)/b10-7+,19-16+. The van der Waals surface area contributed by atoms with Gasteiger partial charge in [-0.15, -0.1) is 0 Å². The number of ether oxygens (including phenoxy) is 1. The number of hydrogen-bond donors (Lipinski definition) is 3. The van der Waals surface area contributed by atoms with Gasteiger partial charge in [-0.2, -0.15) is 0 Å². The van der Waals surface area contributed by atoms with Gasteiger partial charge >= 0.3 is 5.97 Å². The molecule has 3 N–H and O–H groups in total. The van der Waals surface area contributed by atoms with E-state index in [0.29, 0.717) is 19.3 Å². The molecular weight excluding hydrogens is 671 g/mol. The van der Waals surface area contributed by atoms with Crippen molar-refractivity contribution in [3.8, 4) is 0 Å². The molecule has 0 spiro atoms. The van der Waals surface area contributed by atoms with Crippen LogP contribution in [0.15, 0.2) is 24.3 Å². The Morgan fingerprint density at radius 1 is 0.556 bits per heavy atom. The summed E-state index contributed by atoms with van der Waals surface area (Å²) in [6, 6.07) is -0.696. The van der Waals surface area contributed by atoms with Crippen molar-refractivity contribution in [3.63, 3.8) is 0 Å². The molecule has 0 bridgehead atoms. The number of allylic oxidation sites excluding steroid dienone is 4. The first-order chi connectivity index (χ1) is 26.5. The minimum Gasteiger partial charge on any atom is -0.462 e. The third kappa shape index (κ3) is 37.3. The molecule has 0 aromatic heterocycles. The van der Waals surface area contributed by atoms with Gasteiger partial charge < -0.3 is 20.3 Å². The number of hydrogen-bond acceptors (Lipinski definition) is 5. The quantitative estimate of drug-likeness (QED) is 0.0327. The second-order valence-electron chi connectivity index (χ2n) is 16.1. The van der Waals surface area contributed by atoms with Gasteiger partial charge in [-0.05, 0) is 51.4 Å². The van der Waals surface area contributed by atoms with E-state index in [-0.39, 0.29) is 24.9 Å². The van der Waals surface area contributed by atoms with Crippen LogP contribution in [-0.4, -0.2) is 46.9 Å². The Morgan fingerprint density at radius 2 is 1.00 bits per heavy atom. The summed E-state index contributed by atoms with van der Waals surface area (Å²) in [5.41, 5.74) is 0. The van der Waals surface area contributed by atoms with Gasteiger partial charge in [0.1, 0.15) is 6.10 Å². The molecule has 0 rings (SSSR count). The van der Waals surface area contributed by atoms with Crippen molar-refractivity contribution in [3.05, 3.63) is 24.3 Å².